The van der Waals surface area contributed by atoms with Crippen molar-refractivity contribution in [3.05, 3.63) is 18.0 Å². The second-order valence-corrected chi connectivity index (χ2v) is 7.78. The average molecular weight is 361 g/mol. The molecule has 2 unspecified atom stereocenters. The Morgan fingerprint density at radius 2 is 2.15 bits per heavy atom. The van der Waals surface area contributed by atoms with Gasteiger partial charge in [-0.1, -0.05) is 0 Å². The zero-order valence-electron chi connectivity index (χ0n) is 15.6. The van der Waals surface area contributed by atoms with E-state index in [1.54, 1.807) is 16.2 Å². The second kappa shape index (κ2) is 7.61. The van der Waals surface area contributed by atoms with E-state index in [0.29, 0.717) is 32.0 Å². The lowest BCUT2D eigenvalue weighted by atomic mass is 10.00. The van der Waals surface area contributed by atoms with E-state index in [-0.39, 0.29) is 24.4 Å². The number of hydroxylamine groups is 2. The Morgan fingerprint density at radius 3 is 2.81 bits per heavy atom. The Kier molecular flexibility index (Phi) is 5.46. The Balaban J connectivity index is 1.66. The molecule has 142 valence electrons. The van der Waals surface area contributed by atoms with Crippen LogP contribution < -0.4 is 5.32 Å². The number of amides is 1. The predicted molar refractivity (Wildman–Crippen MR) is 97.8 cm³/mol. The van der Waals surface area contributed by atoms with Crippen LogP contribution in [0.2, 0.25) is 0 Å². The maximum atomic E-state index is 13.1. The summed E-state index contributed by atoms with van der Waals surface area (Å²) in [6.45, 7) is 8.96. The summed E-state index contributed by atoms with van der Waals surface area (Å²) in [6.07, 6.45) is 5.64. The molecule has 1 amide bonds. The van der Waals surface area contributed by atoms with Gasteiger partial charge in [0.25, 0.3) is 0 Å². The molecule has 1 N–H and O–H groups in total. The molecule has 3 aliphatic rings. The van der Waals surface area contributed by atoms with Crippen LogP contribution in [0.15, 0.2) is 23.0 Å². The maximum Gasteiger partial charge on any atom is 0.229 e. The molecule has 0 aliphatic carbocycles. The van der Waals surface area contributed by atoms with Crippen LogP contribution in [0.3, 0.4) is 0 Å². The van der Waals surface area contributed by atoms with E-state index < -0.39 is 5.60 Å². The highest BCUT2D eigenvalue weighted by atomic mass is 16.7. The van der Waals surface area contributed by atoms with E-state index in [0.717, 1.165) is 6.54 Å². The van der Waals surface area contributed by atoms with Gasteiger partial charge in [0.05, 0.1) is 30.7 Å². The molecule has 0 aromatic carbocycles. The fourth-order valence-electron chi connectivity index (χ4n) is 3.50. The largest absolute Gasteiger partial charge is 0.353 e. The minimum absolute atomic E-state index is 0.0612. The summed E-state index contributed by atoms with van der Waals surface area (Å²) in [5.41, 5.74) is -0.0416. The molecular weight excluding hydrogens is 334 g/mol. The molecule has 0 radical (unpaired) electrons. The van der Waals surface area contributed by atoms with Gasteiger partial charge < -0.3 is 15.1 Å². The van der Waals surface area contributed by atoms with Crippen molar-refractivity contribution >= 4 is 18.1 Å². The molecule has 8 nitrogen and oxygen atoms in total. The van der Waals surface area contributed by atoms with Crippen LogP contribution in [0.25, 0.3) is 0 Å². The third-order valence-electron chi connectivity index (χ3n) is 4.67. The summed E-state index contributed by atoms with van der Waals surface area (Å²) in [6, 6.07) is 0.0729. The molecule has 0 aromatic heterocycles. The topological polar surface area (TPSA) is 77.5 Å². The van der Waals surface area contributed by atoms with Crippen molar-refractivity contribution in [1.82, 2.24) is 20.2 Å². The Hall–Kier alpha value is -2.15. The quantitative estimate of drug-likeness (QED) is 0.715. The monoisotopic (exact) mass is 361 g/mol. The van der Waals surface area contributed by atoms with Crippen LogP contribution >= 0.6 is 0 Å². The Labute approximate surface area is 154 Å². The molecule has 8 heteroatoms. The minimum Gasteiger partial charge on any atom is -0.353 e. The summed E-state index contributed by atoms with van der Waals surface area (Å²) < 4.78 is 0. The normalized spacial score (nSPS) is 26.4. The number of hydrogen-bond donors (Lipinski definition) is 1. The maximum absolute atomic E-state index is 13.1. The van der Waals surface area contributed by atoms with Crippen LogP contribution in [-0.2, 0) is 14.4 Å². The number of carbonyl (C=O) groups is 1. The lowest BCUT2D eigenvalue weighted by Crippen LogP contribution is -2.53. The van der Waals surface area contributed by atoms with Gasteiger partial charge in [-0.15, -0.1) is 0 Å². The zero-order chi connectivity index (χ0) is 18.7. The van der Waals surface area contributed by atoms with E-state index in [1.807, 2.05) is 39.0 Å². The van der Waals surface area contributed by atoms with Crippen LogP contribution in [0.5, 0.6) is 0 Å². The third kappa shape index (κ3) is 4.15. The summed E-state index contributed by atoms with van der Waals surface area (Å²) in [5.74, 6) is 1.85. The number of carbonyl (C=O) groups excluding carboxylic acids is 2. The average Bonchev–Trinajstić information content (AvgIpc) is 3.10. The highest BCUT2D eigenvalue weighted by molar-refractivity contribution is 5.81. The fraction of sp³-hybridized carbons (Fsp3) is 0.667. The molecule has 2 fully saturated rings. The van der Waals surface area contributed by atoms with Crippen molar-refractivity contribution in [3.8, 4) is 0 Å². The van der Waals surface area contributed by atoms with Gasteiger partial charge in [0.15, 0.2) is 0 Å². The number of nitrogens with one attached hydrogen (secondary N) is 1. The van der Waals surface area contributed by atoms with Crippen molar-refractivity contribution in [2.24, 2.45) is 10.9 Å². The predicted octanol–water partition coefficient (Wildman–Crippen LogP) is 0.0218. The van der Waals surface area contributed by atoms with Crippen molar-refractivity contribution in [2.45, 2.75) is 32.4 Å². The molecule has 0 bridgehead atoms. The van der Waals surface area contributed by atoms with Crippen molar-refractivity contribution in [2.75, 3.05) is 39.4 Å². The SMILES string of the molecule is CC(C)(C)ON1CCN(C(=O)C2CNCC2N2C=CC=NC2)CC1=C=O. The lowest BCUT2D eigenvalue weighted by Gasteiger charge is -2.40. The number of piperazine rings is 1. The molecule has 26 heavy (non-hydrogen) atoms. The van der Waals surface area contributed by atoms with Crippen LogP contribution in [0.4, 0.5) is 0 Å². The van der Waals surface area contributed by atoms with E-state index >= 15 is 0 Å². The molecule has 3 heterocycles. The highest BCUT2D eigenvalue weighted by Gasteiger charge is 2.40. The van der Waals surface area contributed by atoms with Gasteiger partial charge in [-0.2, -0.15) is 0 Å². The summed E-state index contributed by atoms with van der Waals surface area (Å²) in [7, 11) is 0. The smallest absolute Gasteiger partial charge is 0.229 e. The van der Waals surface area contributed by atoms with Crippen molar-refractivity contribution < 1.29 is 14.4 Å². The van der Waals surface area contributed by atoms with Gasteiger partial charge in [-0.05, 0) is 26.8 Å². The highest BCUT2D eigenvalue weighted by Crippen LogP contribution is 2.23. The molecule has 0 aromatic rings. The summed E-state index contributed by atoms with van der Waals surface area (Å²) in [4.78, 5) is 38.4. The lowest BCUT2D eigenvalue weighted by molar-refractivity contribution is -0.217. The van der Waals surface area contributed by atoms with Crippen LogP contribution in [-0.4, -0.2) is 84.0 Å². The Bertz CT molecular complexity index is 648. The standard InChI is InChI=1S/C18H27N5O3/c1-18(2,3)26-23-8-7-21(11-14(23)12-24)17(25)15-9-20-10-16(15)22-6-4-5-19-13-22/h4-6,15-16,20H,7-11,13H2,1-3H3. The molecular formula is C18H27N5O3. The minimum atomic E-state index is -0.407. The van der Waals surface area contributed by atoms with Crippen molar-refractivity contribution in [3.63, 3.8) is 0 Å². The molecule has 0 saturated carbocycles. The van der Waals surface area contributed by atoms with E-state index in [2.05, 4.69) is 15.2 Å². The molecule has 2 saturated heterocycles. The first-order valence-corrected chi connectivity index (χ1v) is 9.01. The number of aliphatic imine (C=N–C) groups is 1. The first-order valence-electron chi connectivity index (χ1n) is 9.01. The molecule has 3 aliphatic heterocycles. The van der Waals surface area contributed by atoms with E-state index in [4.69, 9.17) is 4.84 Å². The first-order chi connectivity index (χ1) is 12.4. The summed E-state index contributed by atoms with van der Waals surface area (Å²) in [5, 5.41) is 4.88. The number of rotatable bonds is 3. The molecule has 3 rings (SSSR count). The van der Waals surface area contributed by atoms with Gasteiger partial charge in [-0.3, -0.25) is 14.6 Å². The number of allylic oxidation sites excluding steroid dienone is 1. The third-order valence-corrected chi connectivity index (χ3v) is 4.67. The Morgan fingerprint density at radius 1 is 1.35 bits per heavy atom. The second-order valence-electron chi connectivity index (χ2n) is 7.78. The van der Waals surface area contributed by atoms with Gasteiger partial charge in [0.2, 0.25) is 5.91 Å². The fourth-order valence-corrected chi connectivity index (χ4v) is 3.50. The zero-order valence-corrected chi connectivity index (χ0v) is 15.6. The van der Waals surface area contributed by atoms with E-state index in [9.17, 15) is 9.59 Å². The van der Waals surface area contributed by atoms with Gasteiger partial charge >= 0.3 is 0 Å². The van der Waals surface area contributed by atoms with Crippen molar-refractivity contribution in [1.29, 1.82) is 0 Å². The van der Waals surface area contributed by atoms with Gasteiger partial charge in [-0.25, -0.2) is 9.86 Å². The number of hydrogen-bond acceptors (Lipinski definition) is 7. The van der Waals surface area contributed by atoms with Crippen LogP contribution in [0.1, 0.15) is 20.8 Å². The van der Waals surface area contributed by atoms with Crippen LogP contribution in [0, 0.1) is 5.92 Å². The van der Waals surface area contributed by atoms with Gasteiger partial charge in [0, 0.05) is 32.0 Å². The molecule has 0 spiro atoms. The summed E-state index contributed by atoms with van der Waals surface area (Å²) >= 11 is 0. The van der Waals surface area contributed by atoms with E-state index in [1.165, 1.54) is 0 Å². The molecule has 2 atom stereocenters. The first kappa shape index (κ1) is 18.6. The number of nitrogens with zero attached hydrogens (tertiary/aromatic N) is 4. The van der Waals surface area contributed by atoms with Gasteiger partial charge in [0.1, 0.15) is 18.3 Å².